The molecule has 2 aromatic rings. The molecule has 0 aliphatic carbocycles. The van der Waals surface area contributed by atoms with E-state index >= 15 is 0 Å². The number of aromatic nitrogens is 2. The Bertz CT molecular complexity index is 567. The number of nitrogens with two attached hydrogens (primary N) is 1. The van der Waals surface area contributed by atoms with Gasteiger partial charge in [0.05, 0.1) is 5.02 Å². The second-order valence-electron chi connectivity index (χ2n) is 3.24. The molecule has 2 rings (SSSR count). The van der Waals surface area contributed by atoms with Crippen molar-refractivity contribution in [3.8, 4) is 0 Å². The second-order valence-corrected chi connectivity index (χ2v) is 6.15. The van der Waals surface area contributed by atoms with E-state index in [1.807, 2.05) is 13.0 Å². The average Bonchev–Trinajstić information content (AvgIpc) is 2.63. The highest BCUT2D eigenvalue weighted by Crippen LogP contribution is 2.32. The van der Waals surface area contributed by atoms with Gasteiger partial charge in [0.2, 0.25) is 0 Å². The number of nitrogens with one attached hydrogen (secondary N) is 1. The highest BCUT2D eigenvalue weighted by molar-refractivity contribution is 8.01. The molecule has 1 heterocycles. The molecule has 0 aliphatic heterocycles. The van der Waals surface area contributed by atoms with Crippen LogP contribution >= 0.6 is 34.7 Å². The average molecular weight is 285 g/mol. The number of hydrogen-bond donors (Lipinski definition) is 2. The van der Waals surface area contributed by atoms with Gasteiger partial charge in [-0.2, -0.15) is 0 Å². The zero-order chi connectivity index (χ0) is 12.4. The summed E-state index contributed by atoms with van der Waals surface area (Å²) in [6.45, 7) is 1.91. The maximum absolute atomic E-state index is 7.34. The molecular weight excluding hydrogens is 276 g/mol. The lowest BCUT2D eigenvalue weighted by atomic mass is 10.2. The molecule has 0 saturated carbocycles. The van der Waals surface area contributed by atoms with Crippen molar-refractivity contribution in [1.82, 2.24) is 10.2 Å². The molecule has 17 heavy (non-hydrogen) atoms. The summed E-state index contributed by atoms with van der Waals surface area (Å²) in [5.74, 6) is -0.0293. The minimum Gasteiger partial charge on any atom is -0.384 e. The zero-order valence-electron chi connectivity index (χ0n) is 8.90. The van der Waals surface area contributed by atoms with Gasteiger partial charge in [0, 0.05) is 10.5 Å². The van der Waals surface area contributed by atoms with Crippen LogP contribution in [0.25, 0.3) is 0 Å². The first kappa shape index (κ1) is 12.3. The van der Waals surface area contributed by atoms with E-state index in [9.17, 15) is 0 Å². The minimum atomic E-state index is -0.0293. The molecule has 0 radical (unpaired) electrons. The van der Waals surface area contributed by atoms with Crippen molar-refractivity contribution in [1.29, 1.82) is 5.41 Å². The van der Waals surface area contributed by atoms with Gasteiger partial charge < -0.3 is 5.73 Å². The predicted octanol–water partition coefficient (Wildman–Crippen LogP) is 2.94. The van der Waals surface area contributed by atoms with E-state index in [0.29, 0.717) is 10.6 Å². The van der Waals surface area contributed by atoms with Crippen LogP contribution in [0.4, 0.5) is 0 Å². The number of benzene rings is 1. The Morgan fingerprint density at radius 2 is 2.24 bits per heavy atom. The fourth-order valence-electron chi connectivity index (χ4n) is 1.20. The van der Waals surface area contributed by atoms with Crippen LogP contribution in [0.2, 0.25) is 5.02 Å². The van der Waals surface area contributed by atoms with Crippen LogP contribution in [0.5, 0.6) is 0 Å². The lowest BCUT2D eigenvalue weighted by Crippen LogP contribution is -2.11. The molecule has 0 spiro atoms. The second kappa shape index (κ2) is 5.03. The number of amidine groups is 1. The SMILES string of the molecule is Cc1nnc(Sc2ccc(C(=N)N)c(Cl)c2)s1. The largest absolute Gasteiger partial charge is 0.384 e. The quantitative estimate of drug-likeness (QED) is 0.671. The summed E-state index contributed by atoms with van der Waals surface area (Å²) in [7, 11) is 0. The van der Waals surface area contributed by atoms with Gasteiger partial charge in [-0.3, -0.25) is 5.41 Å². The summed E-state index contributed by atoms with van der Waals surface area (Å²) in [5, 5.41) is 16.7. The molecule has 88 valence electrons. The van der Waals surface area contributed by atoms with Crippen molar-refractivity contribution in [2.45, 2.75) is 16.2 Å². The number of halogens is 1. The standard InChI is InChI=1S/C10H9ClN4S2/c1-5-14-15-10(16-5)17-6-2-3-7(9(12)13)8(11)4-6/h2-4H,1H3,(H3,12,13). The smallest absolute Gasteiger partial charge is 0.179 e. The maximum atomic E-state index is 7.34. The normalized spacial score (nSPS) is 10.5. The van der Waals surface area contributed by atoms with E-state index in [-0.39, 0.29) is 5.84 Å². The number of rotatable bonds is 3. The lowest BCUT2D eigenvalue weighted by molar-refractivity contribution is 0.984. The van der Waals surface area contributed by atoms with Crippen molar-refractivity contribution >= 4 is 40.5 Å². The van der Waals surface area contributed by atoms with Crippen molar-refractivity contribution in [3.05, 3.63) is 33.8 Å². The van der Waals surface area contributed by atoms with Gasteiger partial charge >= 0.3 is 0 Å². The molecule has 4 nitrogen and oxygen atoms in total. The Morgan fingerprint density at radius 1 is 1.47 bits per heavy atom. The Kier molecular flexibility index (Phi) is 3.66. The third-order valence-electron chi connectivity index (χ3n) is 1.94. The first-order valence-corrected chi connectivity index (χ1v) is 6.69. The van der Waals surface area contributed by atoms with Crippen molar-refractivity contribution in [3.63, 3.8) is 0 Å². The van der Waals surface area contributed by atoms with E-state index in [2.05, 4.69) is 10.2 Å². The summed E-state index contributed by atoms with van der Waals surface area (Å²) < 4.78 is 0.870. The van der Waals surface area contributed by atoms with Crippen LogP contribution in [0.1, 0.15) is 10.6 Å². The maximum Gasteiger partial charge on any atom is 0.179 e. The van der Waals surface area contributed by atoms with Gasteiger partial charge in [-0.15, -0.1) is 10.2 Å². The summed E-state index contributed by atoms with van der Waals surface area (Å²) in [6.07, 6.45) is 0. The fourth-order valence-corrected chi connectivity index (χ4v) is 3.37. The van der Waals surface area contributed by atoms with E-state index < -0.39 is 0 Å². The molecule has 0 saturated heterocycles. The molecule has 7 heteroatoms. The first-order valence-electron chi connectivity index (χ1n) is 4.68. The Labute approximate surface area is 112 Å². The third kappa shape index (κ3) is 2.96. The third-order valence-corrected chi connectivity index (χ3v) is 4.14. The van der Waals surface area contributed by atoms with E-state index in [0.717, 1.165) is 14.2 Å². The summed E-state index contributed by atoms with van der Waals surface area (Å²) in [4.78, 5) is 0.955. The van der Waals surface area contributed by atoms with Crippen LogP contribution in [-0.2, 0) is 0 Å². The van der Waals surface area contributed by atoms with Crippen LogP contribution < -0.4 is 5.73 Å². The highest BCUT2D eigenvalue weighted by atomic mass is 35.5. The van der Waals surface area contributed by atoms with E-state index in [1.54, 1.807) is 12.1 Å². The summed E-state index contributed by atoms with van der Waals surface area (Å²) in [5.41, 5.74) is 5.94. The van der Waals surface area contributed by atoms with Crippen molar-refractivity contribution < 1.29 is 0 Å². The van der Waals surface area contributed by atoms with Crippen molar-refractivity contribution in [2.24, 2.45) is 5.73 Å². The first-order chi connectivity index (χ1) is 8.06. The molecule has 0 atom stereocenters. The van der Waals surface area contributed by atoms with Gasteiger partial charge in [-0.05, 0) is 25.1 Å². The fraction of sp³-hybridized carbons (Fsp3) is 0.100. The van der Waals surface area contributed by atoms with E-state index in [4.69, 9.17) is 22.7 Å². The molecule has 0 fully saturated rings. The van der Waals surface area contributed by atoms with Gasteiger partial charge in [0.15, 0.2) is 4.34 Å². The topological polar surface area (TPSA) is 75.7 Å². The van der Waals surface area contributed by atoms with Gasteiger partial charge in [-0.1, -0.05) is 34.7 Å². The monoisotopic (exact) mass is 284 g/mol. The Hall–Kier alpha value is -1.11. The predicted molar refractivity (Wildman–Crippen MR) is 71.2 cm³/mol. The van der Waals surface area contributed by atoms with Gasteiger partial charge in [0.1, 0.15) is 10.8 Å². The Balaban J connectivity index is 2.23. The summed E-state index contributed by atoms with van der Waals surface area (Å²) in [6, 6.07) is 5.38. The van der Waals surface area contributed by atoms with E-state index in [1.165, 1.54) is 23.1 Å². The Morgan fingerprint density at radius 3 is 2.76 bits per heavy atom. The molecule has 0 aliphatic rings. The minimum absolute atomic E-state index is 0.0293. The highest BCUT2D eigenvalue weighted by Gasteiger charge is 2.07. The summed E-state index contributed by atoms with van der Waals surface area (Å²) >= 11 is 9.05. The molecule has 0 unspecified atom stereocenters. The number of aryl methyl sites for hydroxylation is 1. The molecule has 1 aromatic heterocycles. The molecule has 0 bridgehead atoms. The molecule has 0 amide bonds. The number of nitrogens with zero attached hydrogens (tertiary/aromatic N) is 2. The zero-order valence-corrected chi connectivity index (χ0v) is 11.3. The molecule has 3 N–H and O–H groups in total. The number of hydrogen-bond acceptors (Lipinski definition) is 5. The van der Waals surface area contributed by atoms with Crippen molar-refractivity contribution in [2.75, 3.05) is 0 Å². The molecule has 1 aromatic carbocycles. The number of nitrogen functional groups attached to an aromatic ring is 1. The van der Waals surface area contributed by atoms with Crippen LogP contribution in [-0.4, -0.2) is 16.0 Å². The van der Waals surface area contributed by atoms with Gasteiger partial charge in [-0.25, -0.2) is 0 Å². The lowest BCUT2D eigenvalue weighted by Gasteiger charge is -2.03. The molecular formula is C10H9ClN4S2. The van der Waals surface area contributed by atoms with Crippen LogP contribution in [0.3, 0.4) is 0 Å². The van der Waals surface area contributed by atoms with Crippen LogP contribution in [0, 0.1) is 12.3 Å². The van der Waals surface area contributed by atoms with Gasteiger partial charge in [0.25, 0.3) is 0 Å². The van der Waals surface area contributed by atoms with Crippen LogP contribution in [0.15, 0.2) is 27.4 Å².